The second-order valence-corrected chi connectivity index (χ2v) is 5.84. The Labute approximate surface area is 159 Å². The zero-order chi connectivity index (χ0) is 19.8. The number of hydrogen-bond donors (Lipinski definition) is 1. The fraction of sp³-hybridized carbons (Fsp3) is 0.333. The number of nitrogens with one attached hydrogen (secondary N) is 1. The summed E-state index contributed by atoms with van der Waals surface area (Å²) in [6.45, 7) is 6.79. The van der Waals surface area contributed by atoms with Gasteiger partial charge in [-0.2, -0.15) is 0 Å². The second kappa shape index (κ2) is 9.62. The van der Waals surface area contributed by atoms with Gasteiger partial charge in [0, 0.05) is 5.56 Å². The van der Waals surface area contributed by atoms with Crippen molar-refractivity contribution in [3.8, 4) is 11.5 Å². The summed E-state index contributed by atoms with van der Waals surface area (Å²) in [7, 11) is 1.32. The van der Waals surface area contributed by atoms with Crippen LogP contribution in [-0.4, -0.2) is 32.2 Å². The molecule has 0 bridgehead atoms. The predicted molar refractivity (Wildman–Crippen MR) is 102 cm³/mol. The zero-order valence-corrected chi connectivity index (χ0v) is 16.1. The summed E-state index contributed by atoms with van der Waals surface area (Å²) in [6.07, 6.45) is 0. The Kier molecular flexibility index (Phi) is 7.23. The molecule has 0 saturated carbocycles. The first-order valence-electron chi connectivity index (χ1n) is 8.88. The lowest BCUT2D eigenvalue weighted by Gasteiger charge is -2.17. The van der Waals surface area contributed by atoms with Gasteiger partial charge in [-0.05, 0) is 62.7 Å². The van der Waals surface area contributed by atoms with Crippen LogP contribution in [0.1, 0.15) is 53.1 Å². The lowest BCUT2D eigenvalue weighted by Crippen LogP contribution is -2.26. The van der Waals surface area contributed by atoms with Crippen LogP contribution in [0.3, 0.4) is 0 Å². The first-order valence-corrected chi connectivity index (χ1v) is 8.88. The Bertz CT molecular complexity index is 786. The highest BCUT2D eigenvalue weighted by molar-refractivity contribution is 5.96. The summed E-state index contributed by atoms with van der Waals surface area (Å²) in [6, 6.07) is 11.7. The number of amides is 1. The van der Waals surface area contributed by atoms with Gasteiger partial charge in [-0.15, -0.1) is 0 Å². The van der Waals surface area contributed by atoms with Gasteiger partial charge < -0.3 is 19.5 Å². The molecule has 6 heteroatoms. The third-order valence-corrected chi connectivity index (χ3v) is 3.98. The normalized spacial score (nSPS) is 11.4. The van der Waals surface area contributed by atoms with E-state index in [0.717, 1.165) is 5.56 Å². The maximum absolute atomic E-state index is 12.5. The molecule has 0 radical (unpaired) electrons. The van der Waals surface area contributed by atoms with Crippen LogP contribution in [0.5, 0.6) is 11.5 Å². The van der Waals surface area contributed by atoms with Crippen molar-refractivity contribution in [2.75, 3.05) is 20.3 Å². The van der Waals surface area contributed by atoms with Crippen LogP contribution >= 0.6 is 0 Å². The lowest BCUT2D eigenvalue weighted by molar-refractivity contribution is 0.0600. The van der Waals surface area contributed by atoms with E-state index in [1.807, 2.05) is 39.0 Å². The molecule has 0 saturated heterocycles. The standard InChI is InChI=1S/C21H25NO5/c1-5-26-18-12-11-17(13-19(18)27-6-2)14(3)22-20(23)15-7-9-16(10-8-15)21(24)25-4/h7-14H,5-6H2,1-4H3,(H,22,23)/t14-/m0/s1. The third-order valence-electron chi connectivity index (χ3n) is 3.98. The van der Waals surface area contributed by atoms with Crippen molar-refractivity contribution >= 4 is 11.9 Å². The van der Waals surface area contributed by atoms with E-state index in [1.165, 1.54) is 7.11 Å². The van der Waals surface area contributed by atoms with Gasteiger partial charge in [0.25, 0.3) is 5.91 Å². The van der Waals surface area contributed by atoms with E-state index in [-0.39, 0.29) is 11.9 Å². The Morgan fingerprint density at radius 1 is 0.926 bits per heavy atom. The topological polar surface area (TPSA) is 73.9 Å². The van der Waals surface area contributed by atoms with Crippen LogP contribution in [0.2, 0.25) is 0 Å². The molecule has 6 nitrogen and oxygen atoms in total. The fourth-order valence-electron chi connectivity index (χ4n) is 2.58. The maximum atomic E-state index is 12.5. The average Bonchev–Trinajstić information content (AvgIpc) is 2.69. The summed E-state index contributed by atoms with van der Waals surface area (Å²) < 4.78 is 15.9. The number of esters is 1. The minimum Gasteiger partial charge on any atom is -0.490 e. The van der Waals surface area contributed by atoms with Gasteiger partial charge in [0.1, 0.15) is 0 Å². The van der Waals surface area contributed by atoms with E-state index in [4.69, 9.17) is 9.47 Å². The molecule has 2 rings (SSSR count). The first-order chi connectivity index (χ1) is 13.0. The fourth-order valence-corrected chi connectivity index (χ4v) is 2.58. The van der Waals surface area contributed by atoms with Crippen molar-refractivity contribution in [3.63, 3.8) is 0 Å². The number of ether oxygens (including phenoxy) is 3. The van der Waals surface area contributed by atoms with Crippen molar-refractivity contribution in [1.29, 1.82) is 0 Å². The van der Waals surface area contributed by atoms with Crippen LogP contribution in [0.25, 0.3) is 0 Å². The molecule has 1 atom stereocenters. The maximum Gasteiger partial charge on any atom is 0.337 e. The summed E-state index contributed by atoms with van der Waals surface area (Å²) >= 11 is 0. The largest absolute Gasteiger partial charge is 0.490 e. The van der Waals surface area contributed by atoms with Gasteiger partial charge in [0.15, 0.2) is 11.5 Å². The Morgan fingerprint density at radius 3 is 2.11 bits per heavy atom. The van der Waals surface area contributed by atoms with E-state index < -0.39 is 5.97 Å². The number of rotatable bonds is 8. The van der Waals surface area contributed by atoms with Crippen molar-refractivity contribution < 1.29 is 23.8 Å². The quantitative estimate of drug-likeness (QED) is 0.715. The molecule has 0 spiro atoms. The molecule has 0 aliphatic rings. The third kappa shape index (κ3) is 5.23. The number of hydrogen-bond acceptors (Lipinski definition) is 5. The minimum atomic E-state index is -0.437. The number of benzene rings is 2. The molecule has 2 aromatic carbocycles. The molecule has 27 heavy (non-hydrogen) atoms. The molecule has 144 valence electrons. The van der Waals surface area contributed by atoms with E-state index >= 15 is 0 Å². The second-order valence-electron chi connectivity index (χ2n) is 5.84. The number of methoxy groups -OCH3 is 1. The molecule has 0 fully saturated rings. The molecule has 0 aromatic heterocycles. The van der Waals surface area contributed by atoms with Gasteiger partial charge >= 0.3 is 5.97 Å². The number of carbonyl (C=O) groups is 2. The summed E-state index contributed by atoms with van der Waals surface area (Å²) in [4.78, 5) is 23.9. The molecular weight excluding hydrogens is 346 g/mol. The monoisotopic (exact) mass is 371 g/mol. The van der Waals surface area contributed by atoms with Gasteiger partial charge in [-0.1, -0.05) is 6.07 Å². The van der Waals surface area contributed by atoms with Crippen molar-refractivity contribution in [2.24, 2.45) is 0 Å². The molecule has 2 aromatic rings. The van der Waals surface area contributed by atoms with Gasteiger partial charge in [0.05, 0.1) is 31.9 Å². The predicted octanol–water partition coefficient (Wildman–Crippen LogP) is 3.76. The Morgan fingerprint density at radius 2 is 1.52 bits per heavy atom. The average molecular weight is 371 g/mol. The van der Waals surface area contributed by atoms with Crippen LogP contribution in [0.4, 0.5) is 0 Å². The van der Waals surface area contributed by atoms with E-state index in [2.05, 4.69) is 10.1 Å². The van der Waals surface area contributed by atoms with Gasteiger partial charge in [-0.3, -0.25) is 4.79 Å². The smallest absolute Gasteiger partial charge is 0.337 e. The molecule has 1 N–H and O–H groups in total. The van der Waals surface area contributed by atoms with Crippen LogP contribution in [-0.2, 0) is 4.74 Å². The van der Waals surface area contributed by atoms with Crippen molar-refractivity contribution in [3.05, 3.63) is 59.2 Å². The van der Waals surface area contributed by atoms with E-state index in [1.54, 1.807) is 24.3 Å². The van der Waals surface area contributed by atoms with Crippen molar-refractivity contribution in [1.82, 2.24) is 5.32 Å². The summed E-state index contributed by atoms with van der Waals surface area (Å²) in [5.74, 6) is 0.666. The molecule has 1 amide bonds. The Balaban J connectivity index is 2.11. The molecule has 0 aliphatic heterocycles. The highest BCUT2D eigenvalue weighted by atomic mass is 16.5. The highest BCUT2D eigenvalue weighted by Gasteiger charge is 2.15. The molecular formula is C21H25NO5. The molecule has 0 heterocycles. The zero-order valence-electron chi connectivity index (χ0n) is 16.1. The van der Waals surface area contributed by atoms with Gasteiger partial charge in [0.2, 0.25) is 0 Å². The lowest BCUT2D eigenvalue weighted by atomic mass is 10.1. The summed E-state index contributed by atoms with van der Waals surface area (Å²) in [5, 5.41) is 2.94. The molecule has 0 aliphatic carbocycles. The van der Waals surface area contributed by atoms with Gasteiger partial charge in [-0.25, -0.2) is 4.79 Å². The Hall–Kier alpha value is -3.02. The molecule has 0 unspecified atom stereocenters. The van der Waals surface area contributed by atoms with Crippen LogP contribution in [0, 0.1) is 0 Å². The summed E-state index contributed by atoms with van der Waals surface area (Å²) in [5.41, 5.74) is 1.77. The SMILES string of the molecule is CCOc1ccc([C@H](C)NC(=O)c2ccc(C(=O)OC)cc2)cc1OCC. The van der Waals surface area contributed by atoms with E-state index in [0.29, 0.717) is 35.8 Å². The number of carbonyl (C=O) groups excluding carboxylic acids is 2. The van der Waals surface area contributed by atoms with E-state index in [9.17, 15) is 9.59 Å². The first kappa shape index (κ1) is 20.3. The van der Waals surface area contributed by atoms with Crippen molar-refractivity contribution in [2.45, 2.75) is 26.8 Å². The minimum absolute atomic E-state index is 0.229. The van der Waals surface area contributed by atoms with Crippen LogP contribution in [0.15, 0.2) is 42.5 Å². The highest BCUT2D eigenvalue weighted by Crippen LogP contribution is 2.30. The van der Waals surface area contributed by atoms with Crippen LogP contribution < -0.4 is 14.8 Å².